The Morgan fingerprint density at radius 3 is 2.58 bits per heavy atom. The normalized spacial score (nSPS) is 34.0. The zero-order chi connectivity index (χ0) is 9.14. The van der Waals surface area contributed by atoms with Crippen LogP contribution in [0.25, 0.3) is 0 Å². The lowest BCUT2D eigenvalue weighted by atomic mass is 10.1. The van der Waals surface area contributed by atoms with Crippen LogP contribution in [0.4, 0.5) is 0 Å². The van der Waals surface area contributed by atoms with Crippen molar-refractivity contribution in [1.82, 2.24) is 4.90 Å². The van der Waals surface area contributed by atoms with Crippen LogP contribution >= 0.6 is 0 Å². The second-order valence-corrected chi connectivity index (χ2v) is 3.96. The largest absolute Gasteiger partial charge is 0.395 e. The van der Waals surface area contributed by atoms with Crippen LogP contribution in [0.3, 0.4) is 0 Å². The summed E-state index contributed by atoms with van der Waals surface area (Å²) in [5.74, 6) is 0.751. The summed E-state index contributed by atoms with van der Waals surface area (Å²) in [6.45, 7) is 6.30. The number of likely N-dealkylation sites (tertiary alicyclic amines) is 1. The maximum Gasteiger partial charge on any atom is 0.0599 e. The predicted molar refractivity (Wildman–Crippen MR) is 49.9 cm³/mol. The molecule has 1 heterocycles. The van der Waals surface area contributed by atoms with Crippen molar-refractivity contribution in [1.29, 1.82) is 0 Å². The SMILES string of the molecule is CC1CC(C)N(C(CN)CO)C1. The van der Waals surface area contributed by atoms with Crippen molar-refractivity contribution < 1.29 is 5.11 Å². The van der Waals surface area contributed by atoms with E-state index in [0.29, 0.717) is 12.6 Å². The Hall–Kier alpha value is -0.120. The Kier molecular flexibility index (Phi) is 3.50. The van der Waals surface area contributed by atoms with Crippen molar-refractivity contribution in [3.63, 3.8) is 0 Å². The molecule has 0 saturated carbocycles. The Morgan fingerprint density at radius 2 is 2.25 bits per heavy atom. The fourth-order valence-corrected chi connectivity index (χ4v) is 2.16. The van der Waals surface area contributed by atoms with Crippen LogP contribution in [0.15, 0.2) is 0 Å². The molecule has 0 radical (unpaired) electrons. The third kappa shape index (κ3) is 1.97. The molecule has 0 amide bonds. The van der Waals surface area contributed by atoms with Crippen LogP contribution in [0.5, 0.6) is 0 Å². The average molecular weight is 172 g/mol. The van der Waals surface area contributed by atoms with Crippen LogP contribution in [0, 0.1) is 5.92 Å². The summed E-state index contributed by atoms with van der Waals surface area (Å²) in [4.78, 5) is 2.32. The van der Waals surface area contributed by atoms with Crippen LogP contribution < -0.4 is 5.73 Å². The van der Waals surface area contributed by atoms with Gasteiger partial charge < -0.3 is 10.8 Å². The van der Waals surface area contributed by atoms with Crippen LogP contribution in [0.1, 0.15) is 20.3 Å². The van der Waals surface area contributed by atoms with E-state index >= 15 is 0 Å². The molecule has 1 fully saturated rings. The molecular formula is C9H20N2O. The molecule has 0 aromatic heterocycles. The minimum Gasteiger partial charge on any atom is -0.395 e. The second kappa shape index (κ2) is 4.21. The lowest BCUT2D eigenvalue weighted by Crippen LogP contribution is -2.44. The third-order valence-corrected chi connectivity index (χ3v) is 2.78. The van der Waals surface area contributed by atoms with Gasteiger partial charge in [0.2, 0.25) is 0 Å². The topological polar surface area (TPSA) is 49.5 Å². The van der Waals surface area contributed by atoms with Crippen molar-refractivity contribution >= 4 is 0 Å². The summed E-state index contributed by atoms with van der Waals surface area (Å²) in [6.07, 6.45) is 1.23. The Balaban J connectivity index is 2.50. The van der Waals surface area contributed by atoms with E-state index in [1.807, 2.05) is 0 Å². The maximum absolute atomic E-state index is 9.07. The maximum atomic E-state index is 9.07. The number of hydrogen-bond donors (Lipinski definition) is 2. The first kappa shape index (κ1) is 9.96. The van der Waals surface area contributed by atoms with E-state index < -0.39 is 0 Å². The lowest BCUT2D eigenvalue weighted by Gasteiger charge is -2.28. The van der Waals surface area contributed by atoms with Gasteiger partial charge in [-0.2, -0.15) is 0 Å². The van der Waals surface area contributed by atoms with E-state index in [-0.39, 0.29) is 12.6 Å². The second-order valence-electron chi connectivity index (χ2n) is 3.96. The van der Waals surface area contributed by atoms with E-state index in [2.05, 4.69) is 18.7 Å². The average Bonchev–Trinajstić information content (AvgIpc) is 2.34. The lowest BCUT2D eigenvalue weighted by molar-refractivity contribution is 0.121. The Morgan fingerprint density at radius 1 is 1.58 bits per heavy atom. The van der Waals surface area contributed by atoms with Gasteiger partial charge in [0.05, 0.1) is 6.61 Å². The zero-order valence-corrected chi connectivity index (χ0v) is 8.03. The van der Waals surface area contributed by atoms with Gasteiger partial charge in [0, 0.05) is 25.2 Å². The number of rotatable bonds is 3. The van der Waals surface area contributed by atoms with Crippen molar-refractivity contribution in [2.24, 2.45) is 11.7 Å². The first-order valence-electron chi connectivity index (χ1n) is 4.75. The standard InChI is InChI=1S/C9H20N2O/c1-7-3-8(2)11(5-7)9(4-10)6-12/h7-9,12H,3-6,10H2,1-2H3. The van der Waals surface area contributed by atoms with Crippen LogP contribution in [-0.2, 0) is 0 Å². The molecule has 0 aromatic rings. The highest BCUT2D eigenvalue weighted by molar-refractivity contribution is 4.85. The molecule has 3 N–H and O–H groups in total. The van der Waals surface area contributed by atoms with Gasteiger partial charge in [-0.3, -0.25) is 4.90 Å². The summed E-state index contributed by atoms with van der Waals surface area (Å²) < 4.78 is 0. The molecule has 12 heavy (non-hydrogen) atoms. The van der Waals surface area contributed by atoms with Gasteiger partial charge in [0.1, 0.15) is 0 Å². The summed E-state index contributed by atoms with van der Waals surface area (Å²) in [7, 11) is 0. The molecule has 1 rings (SSSR count). The fraction of sp³-hybridized carbons (Fsp3) is 1.00. The van der Waals surface area contributed by atoms with Gasteiger partial charge in [0.15, 0.2) is 0 Å². The van der Waals surface area contributed by atoms with E-state index in [9.17, 15) is 0 Å². The minimum atomic E-state index is 0.171. The first-order chi connectivity index (χ1) is 5.69. The van der Waals surface area contributed by atoms with Gasteiger partial charge in [-0.1, -0.05) is 6.92 Å². The van der Waals surface area contributed by atoms with Crippen molar-refractivity contribution in [2.75, 3.05) is 19.7 Å². The summed E-state index contributed by atoms with van der Waals surface area (Å²) in [5, 5.41) is 9.07. The van der Waals surface area contributed by atoms with E-state index in [1.54, 1.807) is 0 Å². The molecule has 0 bridgehead atoms. The van der Waals surface area contributed by atoms with E-state index in [4.69, 9.17) is 10.8 Å². The number of aliphatic hydroxyl groups excluding tert-OH is 1. The van der Waals surface area contributed by atoms with Gasteiger partial charge >= 0.3 is 0 Å². The Bertz CT molecular complexity index is 136. The molecule has 1 aliphatic heterocycles. The number of nitrogens with zero attached hydrogens (tertiary/aromatic N) is 1. The summed E-state index contributed by atoms with van der Waals surface area (Å²) in [5.41, 5.74) is 5.57. The van der Waals surface area contributed by atoms with Crippen molar-refractivity contribution in [3.05, 3.63) is 0 Å². The summed E-state index contributed by atoms with van der Waals surface area (Å²) >= 11 is 0. The molecule has 0 aromatic carbocycles. The molecule has 1 saturated heterocycles. The fourth-order valence-electron chi connectivity index (χ4n) is 2.16. The third-order valence-electron chi connectivity index (χ3n) is 2.78. The molecule has 1 aliphatic rings. The smallest absolute Gasteiger partial charge is 0.0599 e. The molecule has 0 spiro atoms. The van der Waals surface area contributed by atoms with Crippen LogP contribution in [-0.4, -0.2) is 41.8 Å². The van der Waals surface area contributed by atoms with Crippen LogP contribution in [0.2, 0.25) is 0 Å². The van der Waals surface area contributed by atoms with Gasteiger partial charge in [-0.05, 0) is 19.3 Å². The molecule has 3 unspecified atom stereocenters. The van der Waals surface area contributed by atoms with Gasteiger partial charge in [0.25, 0.3) is 0 Å². The highest BCUT2D eigenvalue weighted by atomic mass is 16.3. The molecule has 72 valence electrons. The first-order valence-corrected chi connectivity index (χ1v) is 4.75. The summed E-state index contributed by atoms with van der Waals surface area (Å²) in [6, 6.07) is 0.755. The number of aliphatic hydroxyl groups is 1. The highest BCUT2D eigenvalue weighted by Gasteiger charge is 2.30. The predicted octanol–water partition coefficient (Wildman–Crippen LogP) is 0.0363. The van der Waals surface area contributed by atoms with E-state index in [1.165, 1.54) is 6.42 Å². The van der Waals surface area contributed by atoms with E-state index in [0.717, 1.165) is 12.5 Å². The van der Waals surface area contributed by atoms with Crippen molar-refractivity contribution in [2.45, 2.75) is 32.4 Å². The molecule has 3 atom stereocenters. The van der Waals surface area contributed by atoms with Gasteiger partial charge in [-0.15, -0.1) is 0 Å². The van der Waals surface area contributed by atoms with Gasteiger partial charge in [-0.25, -0.2) is 0 Å². The molecule has 3 nitrogen and oxygen atoms in total. The molecule has 0 aliphatic carbocycles. The number of hydrogen-bond acceptors (Lipinski definition) is 3. The minimum absolute atomic E-state index is 0.171. The number of nitrogens with two attached hydrogens (primary N) is 1. The Labute approximate surface area is 74.5 Å². The zero-order valence-electron chi connectivity index (χ0n) is 8.03. The molecular weight excluding hydrogens is 152 g/mol. The molecule has 3 heteroatoms. The van der Waals surface area contributed by atoms with Crippen molar-refractivity contribution in [3.8, 4) is 0 Å². The quantitative estimate of drug-likeness (QED) is 0.632. The highest BCUT2D eigenvalue weighted by Crippen LogP contribution is 2.23. The monoisotopic (exact) mass is 172 g/mol.